The molecule has 5 heteroatoms. The molecule has 23 heavy (non-hydrogen) atoms. The maximum absolute atomic E-state index is 12.2. The molecule has 3 aromatic rings. The number of hydrogen-bond donors (Lipinski definition) is 2. The van der Waals surface area contributed by atoms with Gasteiger partial charge >= 0.3 is 0 Å². The minimum absolute atomic E-state index is 0.158. The van der Waals surface area contributed by atoms with Crippen molar-refractivity contribution in [3.8, 4) is 5.75 Å². The summed E-state index contributed by atoms with van der Waals surface area (Å²) in [6.07, 6.45) is 5.26. The summed E-state index contributed by atoms with van der Waals surface area (Å²) in [5.41, 5.74) is 2.20. The number of aryl methyl sites for hydroxylation is 1. The summed E-state index contributed by atoms with van der Waals surface area (Å²) in [5, 5.41) is 1.33. The molecular weight excluding hydrogens is 290 g/mol. The lowest BCUT2D eigenvalue weighted by Gasteiger charge is -2.06. The predicted octanol–water partition coefficient (Wildman–Crippen LogP) is 3.39. The van der Waals surface area contributed by atoms with Crippen LogP contribution in [0.15, 0.2) is 60.0 Å². The second kappa shape index (κ2) is 5.96. The normalized spacial score (nSPS) is 11.8. The van der Waals surface area contributed by atoms with Gasteiger partial charge in [0.2, 0.25) is 0 Å². The van der Waals surface area contributed by atoms with Gasteiger partial charge in [0.1, 0.15) is 23.8 Å². The largest absolute Gasteiger partial charge is 0.489 e. The van der Waals surface area contributed by atoms with Crippen molar-refractivity contribution in [1.29, 1.82) is 0 Å². The zero-order chi connectivity index (χ0) is 16.4. The van der Waals surface area contributed by atoms with Gasteiger partial charge in [0.25, 0.3) is 5.56 Å². The highest BCUT2D eigenvalue weighted by atomic mass is 16.5. The molecule has 5 nitrogen and oxygen atoms in total. The van der Waals surface area contributed by atoms with E-state index >= 15 is 0 Å². The Bertz CT molecular complexity index is 993. The average Bonchev–Trinajstić information content (AvgIpc) is 2.88. The molecule has 0 saturated carbocycles. The van der Waals surface area contributed by atoms with E-state index in [0.717, 1.165) is 16.5 Å². The van der Waals surface area contributed by atoms with Gasteiger partial charge in [0.05, 0.1) is 5.39 Å². The van der Waals surface area contributed by atoms with Crippen LogP contribution in [0.1, 0.15) is 5.82 Å². The van der Waals surface area contributed by atoms with Gasteiger partial charge in [-0.1, -0.05) is 31.4 Å². The monoisotopic (exact) mass is 307 g/mol. The molecular formula is C18H17N3O2. The van der Waals surface area contributed by atoms with Crippen LogP contribution in [0.5, 0.6) is 5.75 Å². The maximum Gasteiger partial charge on any atom is 0.261 e. The number of aromatic amines is 2. The van der Waals surface area contributed by atoms with E-state index in [2.05, 4.69) is 28.1 Å². The Hall–Kier alpha value is -3.08. The highest BCUT2D eigenvalue weighted by Gasteiger charge is 2.11. The molecule has 0 aliphatic heterocycles. The number of nitrogens with one attached hydrogen (secondary N) is 2. The van der Waals surface area contributed by atoms with Crippen LogP contribution in [0.2, 0.25) is 0 Å². The summed E-state index contributed by atoms with van der Waals surface area (Å²) in [4.78, 5) is 22.4. The Morgan fingerprint density at radius 1 is 1.35 bits per heavy atom. The molecule has 0 aliphatic carbocycles. The molecule has 0 fully saturated rings. The Morgan fingerprint density at radius 2 is 2.17 bits per heavy atom. The molecule has 0 saturated heterocycles. The number of benzene rings is 1. The molecule has 0 amide bonds. The third-order valence-corrected chi connectivity index (χ3v) is 3.55. The highest BCUT2D eigenvalue weighted by molar-refractivity contribution is 6.05. The topological polar surface area (TPSA) is 70.8 Å². The minimum atomic E-state index is -0.158. The van der Waals surface area contributed by atoms with Crippen LogP contribution in [0, 0.1) is 6.92 Å². The number of ether oxygens (including phenoxy) is 1. The summed E-state index contributed by atoms with van der Waals surface area (Å²) >= 11 is 0. The van der Waals surface area contributed by atoms with Crippen LogP contribution in [0.4, 0.5) is 0 Å². The Balaban J connectivity index is 2.03. The van der Waals surface area contributed by atoms with Gasteiger partial charge in [-0.05, 0) is 30.7 Å². The van der Waals surface area contributed by atoms with E-state index in [-0.39, 0.29) is 5.56 Å². The maximum atomic E-state index is 12.2. The van der Waals surface area contributed by atoms with Gasteiger partial charge in [0, 0.05) is 10.9 Å². The van der Waals surface area contributed by atoms with Crippen LogP contribution in [-0.4, -0.2) is 21.6 Å². The first-order valence-corrected chi connectivity index (χ1v) is 7.21. The molecule has 0 unspecified atom stereocenters. The van der Waals surface area contributed by atoms with Crippen molar-refractivity contribution in [1.82, 2.24) is 15.0 Å². The van der Waals surface area contributed by atoms with Crippen LogP contribution in [0.3, 0.4) is 0 Å². The number of fused-ring (bicyclic) bond motifs is 3. The van der Waals surface area contributed by atoms with Crippen molar-refractivity contribution < 1.29 is 4.74 Å². The van der Waals surface area contributed by atoms with Gasteiger partial charge in [0.15, 0.2) is 0 Å². The summed E-state index contributed by atoms with van der Waals surface area (Å²) in [6.45, 7) is 9.54. The van der Waals surface area contributed by atoms with Crippen molar-refractivity contribution in [3.63, 3.8) is 0 Å². The number of rotatable bonds is 5. The van der Waals surface area contributed by atoms with Gasteiger partial charge < -0.3 is 14.7 Å². The van der Waals surface area contributed by atoms with Crippen molar-refractivity contribution in [2.75, 3.05) is 6.61 Å². The number of aromatic nitrogens is 3. The van der Waals surface area contributed by atoms with Gasteiger partial charge in [-0.3, -0.25) is 4.79 Å². The van der Waals surface area contributed by atoms with Crippen LogP contribution in [0.25, 0.3) is 21.9 Å². The molecule has 0 spiro atoms. The fourth-order valence-corrected chi connectivity index (χ4v) is 2.48. The number of hydrogen-bond acceptors (Lipinski definition) is 3. The average molecular weight is 307 g/mol. The lowest BCUT2D eigenvalue weighted by Crippen LogP contribution is -2.08. The first kappa shape index (κ1) is 14.8. The zero-order valence-corrected chi connectivity index (χ0v) is 12.8. The SMILES string of the molecule is C=C/C=C(\C=C)COc1ccc2[nH]c3nc(C)[nH]c(=O)c3c2c1. The number of allylic oxidation sites excluding steroid dienone is 2. The first-order chi connectivity index (χ1) is 11.1. The molecule has 0 aliphatic rings. The quantitative estimate of drug-likeness (QED) is 0.710. The third-order valence-electron chi connectivity index (χ3n) is 3.55. The van der Waals surface area contributed by atoms with E-state index < -0.39 is 0 Å². The molecule has 1 aromatic carbocycles. The molecule has 0 bridgehead atoms. The summed E-state index contributed by atoms with van der Waals surface area (Å²) in [5.74, 6) is 1.26. The van der Waals surface area contributed by atoms with Crippen molar-refractivity contribution >= 4 is 21.9 Å². The number of H-pyrrole nitrogens is 2. The summed E-state index contributed by atoms with van der Waals surface area (Å²) in [6, 6.07) is 5.58. The number of nitrogens with zero attached hydrogens (tertiary/aromatic N) is 1. The molecule has 2 N–H and O–H groups in total. The molecule has 2 heterocycles. The van der Waals surface area contributed by atoms with Crippen molar-refractivity contribution in [2.45, 2.75) is 6.92 Å². The van der Waals surface area contributed by atoms with E-state index in [1.807, 2.05) is 24.3 Å². The molecule has 0 radical (unpaired) electrons. The van der Waals surface area contributed by atoms with Crippen LogP contribution < -0.4 is 10.3 Å². The fraction of sp³-hybridized carbons (Fsp3) is 0.111. The van der Waals surface area contributed by atoms with Crippen LogP contribution in [-0.2, 0) is 0 Å². The lowest BCUT2D eigenvalue weighted by atomic mass is 10.2. The molecule has 2 aromatic heterocycles. The molecule has 0 atom stereocenters. The standard InChI is InChI=1S/C18H17N3O2/c1-4-6-12(5-2)10-23-13-7-8-15-14(9-13)16-17(21-15)19-11(3)20-18(16)22/h4-9H,1-2,10H2,3H3,(H2,19,20,21,22)/b12-6+. The lowest BCUT2D eigenvalue weighted by molar-refractivity contribution is 0.356. The summed E-state index contributed by atoms with van der Waals surface area (Å²) < 4.78 is 5.77. The Labute approximate surface area is 133 Å². The second-order valence-electron chi connectivity index (χ2n) is 5.18. The van der Waals surface area contributed by atoms with Gasteiger partial charge in [-0.15, -0.1) is 0 Å². The fourth-order valence-electron chi connectivity index (χ4n) is 2.48. The van der Waals surface area contributed by atoms with Crippen molar-refractivity contribution in [3.05, 3.63) is 71.3 Å². The predicted molar refractivity (Wildman–Crippen MR) is 92.9 cm³/mol. The minimum Gasteiger partial charge on any atom is -0.489 e. The molecule has 3 rings (SSSR count). The molecule has 116 valence electrons. The third kappa shape index (κ3) is 2.81. The van der Waals surface area contributed by atoms with E-state index in [1.165, 1.54) is 0 Å². The second-order valence-corrected chi connectivity index (χ2v) is 5.18. The van der Waals surface area contributed by atoms with E-state index in [9.17, 15) is 4.79 Å². The smallest absolute Gasteiger partial charge is 0.261 e. The summed E-state index contributed by atoms with van der Waals surface area (Å²) in [7, 11) is 0. The van der Waals surface area contributed by atoms with Gasteiger partial charge in [-0.2, -0.15) is 0 Å². The van der Waals surface area contributed by atoms with Gasteiger partial charge in [-0.25, -0.2) is 4.98 Å². The first-order valence-electron chi connectivity index (χ1n) is 7.21. The zero-order valence-electron chi connectivity index (χ0n) is 12.8. The highest BCUT2D eigenvalue weighted by Crippen LogP contribution is 2.26. The van der Waals surface area contributed by atoms with E-state index in [0.29, 0.717) is 29.2 Å². The van der Waals surface area contributed by atoms with Crippen molar-refractivity contribution in [2.24, 2.45) is 0 Å². The van der Waals surface area contributed by atoms with E-state index in [4.69, 9.17) is 4.74 Å². The Morgan fingerprint density at radius 3 is 2.91 bits per heavy atom. The Kier molecular flexibility index (Phi) is 3.85. The van der Waals surface area contributed by atoms with Crippen LogP contribution >= 0.6 is 0 Å². The van der Waals surface area contributed by atoms with E-state index in [1.54, 1.807) is 19.1 Å².